The fraction of sp³-hybridized carbons (Fsp3) is 0.296. The van der Waals surface area contributed by atoms with Crippen molar-refractivity contribution < 1.29 is 23.8 Å². The predicted molar refractivity (Wildman–Crippen MR) is 137 cm³/mol. The van der Waals surface area contributed by atoms with E-state index in [0.29, 0.717) is 48.8 Å². The van der Waals surface area contributed by atoms with Gasteiger partial charge in [-0.2, -0.15) is 4.99 Å². The van der Waals surface area contributed by atoms with Crippen LogP contribution in [0.25, 0.3) is 16.7 Å². The molecular weight excluding hydrogens is 476 g/mol. The second-order valence-electron chi connectivity index (χ2n) is 8.06. The van der Waals surface area contributed by atoms with E-state index in [0.717, 1.165) is 0 Å². The SMILES string of the molecule is CCOC(=O)c1cc2c(=O)n3ccccc3nc2n(CCCOC)c1=NC(=O)c1ccc(OCC)cc1. The lowest BCUT2D eigenvalue weighted by Crippen LogP contribution is -2.33. The van der Waals surface area contributed by atoms with Crippen LogP contribution in [0.15, 0.2) is 64.5 Å². The molecule has 0 saturated heterocycles. The first kappa shape index (κ1) is 25.8. The number of carbonyl (C=O) groups is 2. The molecule has 0 atom stereocenters. The van der Waals surface area contributed by atoms with Crippen LogP contribution in [0.5, 0.6) is 5.75 Å². The van der Waals surface area contributed by atoms with Crippen molar-refractivity contribution in [3.05, 3.63) is 81.7 Å². The number of fused-ring (bicyclic) bond motifs is 2. The van der Waals surface area contributed by atoms with E-state index in [-0.39, 0.29) is 28.6 Å². The van der Waals surface area contributed by atoms with Gasteiger partial charge in [-0.25, -0.2) is 9.78 Å². The number of hydrogen-bond donors (Lipinski definition) is 0. The average molecular weight is 505 g/mol. The first-order valence-electron chi connectivity index (χ1n) is 12.0. The highest BCUT2D eigenvalue weighted by atomic mass is 16.5. The summed E-state index contributed by atoms with van der Waals surface area (Å²) in [6.45, 7) is 4.87. The first-order chi connectivity index (χ1) is 18.0. The van der Waals surface area contributed by atoms with Crippen molar-refractivity contribution >= 4 is 28.6 Å². The van der Waals surface area contributed by atoms with Crippen molar-refractivity contribution in [1.82, 2.24) is 14.0 Å². The number of aryl methyl sites for hydroxylation is 1. The highest BCUT2D eigenvalue weighted by Gasteiger charge is 2.20. The Hall–Kier alpha value is -4.31. The number of carbonyl (C=O) groups excluding carboxylic acids is 2. The molecule has 0 spiro atoms. The van der Waals surface area contributed by atoms with Crippen LogP contribution < -0.4 is 15.8 Å². The molecule has 0 unspecified atom stereocenters. The van der Waals surface area contributed by atoms with E-state index in [9.17, 15) is 14.4 Å². The quantitative estimate of drug-likeness (QED) is 0.196. The van der Waals surface area contributed by atoms with Crippen LogP contribution in [0.3, 0.4) is 0 Å². The number of nitrogens with zero attached hydrogens (tertiary/aromatic N) is 4. The summed E-state index contributed by atoms with van der Waals surface area (Å²) in [5.74, 6) is -0.630. The average Bonchev–Trinajstić information content (AvgIpc) is 2.90. The van der Waals surface area contributed by atoms with E-state index >= 15 is 0 Å². The Labute approximate surface area is 212 Å². The van der Waals surface area contributed by atoms with E-state index in [4.69, 9.17) is 14.2 Å². The van der Waals surface area contributed by atoms with Gasteiger partial charge in [0.25, 0.3) is 11.5 Å². The van der Waals surface area contributed by atoms with Crippen LogP contribution in [0.1, 0.15) is 41.0 Å². The molecule has 4 aromatic rings. The molecule has 0 aliphatic carbocycles. The topological polar surface area (TPSA) is 113 Å². The van der Waals surface area contributed by atoms with Crippen molar-refractivity contribution in [2.75, 3.05) is 26.9 Å². The second kappa shape index (κ2) is 11.6. The van der Waals surface area contributed by atoms with Crippen molar-refractivity contribution in [3.63, 3.8) is 0 Å². The Morgan fingerprint density at radius 2 is 1.84 bits per heavy atom. The van der Waals surface area contributed by atoms with Crippen molar-refractivity contribution in [2.45, 2.75) is 26.8 Å². The molecule has 37 heavy (non-hydrogen) atoms. The fourth-order valence-electron chi connectivity index (χ4n) is 3.96. The van der Waals surface area contributed by atoms with E-state index < -0.39 is 11.9 Å². The van der Waals surface area contributed by atoms with Gasteiger partial charge in [0, 0.05) is 32.0 Å². The molecule has 192 valence electrons. The summed E-state index contributed by atoms with van der Waals surface area (Å²) in [5, 5.41) is 0.205. The van der Waals surface area contributed by atoms with Gasteiger partial charge >= 0.3 is 5.97 Å². The Morgan fingerprint density at radius 1 is 1.05 bits per heavy atom. The van der Waals surface area contributed by atoms with E-state index in [1.54, 1.807) is 67.3 Å². The number of esters is 1. The minimum atomic E-state index is -0.694. The van der Waals surface area contributed by atoms with Crippen LogP contribution >= 0.6 is 0 Å². The minimum absolute atomic E-state index is 0.000773. The molecule has 0 aliphatic heterocycles. The molecule has 0 fully saturated rings. The highest BCUT2D eigenvalue weighted by molar-refractivity contribution is 5.97. The van der Waals surface area contributed by atoms with E-state index in [1.807, 2.05) is 6.92 Å². The van der Waals surface area contributed by atoms with Crippen LogP contribution in [0, 0.1) is 0 Å². The monoisotopic (exact) mass is 504 g/mol. The van der Waals surface area contributed by atoms with Crippen LogP contribution in [0.2, 0.25) is 0 Å². The summed E-state index contributed by atoms with van der Waals surface area (Å²) in [4.78, 5) is 48.6. The summed E-state index contributed by atoms with van der Waals surface area (Å²) < 4.78 is 18.9. The highest BCUT2D eigenvalue weighted by Crippen LogP contribution is 2.15. The van der Waals surface area contributed by atoms with Gasteiger partial charge < -0.3 is 18.8 Å². The lowest BCUT2D eigenvalue weighted by molar-refractivity contribution is 0.0523. The third kappa shape index (κ3) is 5.44. The van der Waals surface area contributed by atoms with Gasteiger partial charge in [-0.15, -0.1) is 0 Å². The van der Waals surface area contributed by atoms with Crippen molar-refractivity contribution in [1.29, 1.82) is 0 Å². The summed E-state index contributed by atoms with van der Waals surface area (Å²) in [6.07, 6.45) is 2.13. The normalized spacial score (nSPS) is 11.7. The molecule has 3 aromatic heterocycles. The molecule has 0 radical (unpaired) electrons. The van der Waals surface area contributed by atoms with Gasteiger partial charge in [0.15, 0.2) is 5.49 Å². The summed E-state index contributed by atoms with van der Waals surface area (Å²) in [7, 11) is 1.58. The zero-order valence-corrected chi connectivity index (χ0v) is 21.0. The number of amides is 1. The standard InChI is InChI=1S/C27H28N4O6/c1-4-36-19-12-10-18(11-13-19)25(32)29-24-21(27(34)37-5-2)17-20-23(31(24)15-8-16-35-3)28-22-9-6-7-14-30(22)26(20)33/h6-7,9-14,17H,4-5,8,15-16H2,1-3H3. The molecule has 0 N–H and O–H groups in total. The molecule has 0 saturated carbocycles. The molecule has 0 aliphatic rings. The molecule has 1 amide bonds. The molecule has 1 aromatic carbocycles. The Morgan fingerprint density at radius 3 is 2.54 bits per heavy atom. The van der Waals surface area contributed by atoms with E-state index in [1.165, 1.54) is 10.5 Å². The molecule has 4 rings (SSSR count). The van der Waals surface area contributed by atoms with Gasteiger partial charge in [0.1, 0.15) is 22.6 Å². The maximum Gasteiger partial charge on any atom is 0.341 e. The Balaban J connectivity index is 2.01. The number of rotatable bonds is 9. The third-order valence-corrected chi connectivity index (χ3v) is 5.64. The maximum absolute atomic E-state index is 13.4. The number of methoxy groups -OCH3 is 1. The molecule has 10 nitrogen and oxygen atoms in total. The minimum Gasteiger partial charge on any atom is -0.494 e. The number of ether oxygens (including phenoxy) is 3. The van der Waals surface area contributed by atoms with Gasteiger partial charge in [-0.3, -0.25) is 14.0 Å². The molecule has 0 bridgehead atoms. The largest absolute Gasteiger partial charge is 0.494 e. The summed E-state index contributed by atoms with van der Waals surface area (Å²) in [5.41, 5.74) is 0.755. The van der Waals surface area contributed by atoms with Crippen LogP contribution in [-0.2, 0) is 16.0 Å². The zero-order chi connectivity index (χ0) is 26.4. The van der Waals surface area contributed by atoms with Gasteiger partial charge in [0.2, 0.25) is 0 Å². The van der Waals surface area contributed by atoms with Crippen molar-refractivity contribution in [3.8, 4) is 5.75 Å². The number of hydrogen-bond acceptors (Lipinski definition) is 7. The Bertz CT molecular complexity index is 1570. The van der Waals surface area contributed by atoms with Crippen molar-refractivity contribution in [2.24, 2.45) is 4.99 Å². The smallest absolute Gasteiger partial charge is 0.341 e. The molecule has 10 heteroatoms. The van der Waals surface area contributed by atoms with Crippen LogP contribution in [-0.4, -0.2) is 52.8 Å². The lowest BCUT2D eigenvalue weighted by atomic mass is 10.2. The Kier molecular flexibility index (Phi) is 8.09. The fourth-order valence-corrected chi connectivity index (χ4v) is 3.96. The van der Waals surface area contributed by atoms with Crippen LogP contribution in [0.4, 0.5) is 0 Å². The van der Waals surface area contributed by atoms with E-state index in [2.05, 4.69) is 9.98 Å². The number of pyridine rings is 2. The summed E-state index contributed by atoms with van der Waals surface area (Å²) >= 11 is 0. The molecule has 3 heterocycles. The number of benzene rings is 1. The second-order valence-corrected chi connectivity index (χ2v) is 8.06. The first-order valence-corrected chi connectivity index (χ1v) is 12.0. The summed E-state index contributed by atoms with van der Waals surface area (Å²) in [6, 6.07) is 13.2. The van der Waals surface area contributed by atoms with Gasteiger partial charge in [-0.1, -0.05) is 6.07 Å². The zero-order valence-electron chi connectivity index (χ0n) is 21.0. The third-order valence-electron chi connectivity index (χ3n) is 5.64. The van der Waals surface area contributed by atoms with Gasteiger partial charge in [-0.05, 0) is 62.7 Å². The predicted octanol–water partition coefficient (Wildman–Crippen LogP) is 3.00. The van der Waals surface area contributed by atoms with Gasteiger partial charge in [0.05, 0.1) is 18.6 Å². The molecular formula is C27H28N4O6. The number of aromatic nitrogens is 3. The lowest BCUT2D eigenvalue weighted by Gasteiger charge is -2.15. The maximum atomic E-state index is 13.4.